The van der Waals surface area contributed by atoms with Crippen LogP contribution in [0.15, 0.2) is 84.3 Å². The molecule has 0 bridgehead atoms. The second kappa shape index (κ2) is 8.97. The molecule has 0 fully saturated rings. The number of H-pyrrole nitrogens is 1. The van der Waals surface area contributed by atoms with Crippen LogP contribution in [-0.4, -0.2) is 10.2 Å². The summed E-state index contributed by atoms with van der Waals surface area (Å²) in [7, 11) is 0. The maximum absolute atomic E-state index is 9.96. The molecule has 1 aliphatic heterocycles. The first-order chi connectivity index (χ1) is 16.5. The Balaban J connectivity index is 1.55. The zero-order chi connectivity index (χ0) is 23.7. The summed E-state index contributed by atoms with van der Waals surface area (Å²) in [5.74, 6) is 0.611. The van der Waals surface area contributed by atoms with Crippen molar-refractivity contribution in [3.63, 3.8) is 0 Å². The zero-order valence-corrected chi connectivity index (χ0v) is 19.1. The van der Waals surface area contributed by atoms with E-state index in [1.165, 1.54) is 5.56 Å². The lowest BCUT2D eigenvalue weighted by Crippen LogP contribution is -2.21. The Bertz CT molecular complexity index is 1430. The number of hydrogen-bond donors (Lipinski definition) is 2. The number of nitrogens with two attached hydrogens (primary N) is 1. The average molecular weight is 469 g/mol. The molecule has 6 nitrogen and oxygen atoms in total. The van der Waals surface area contributed by atoms with E-state index in [1.54, 1.807) is 12.1 Å². The van der Waals surface area contributed by atoms with Gasteiger partial charge in [-0.1, -0.05) is 60.1 Å². The molecule has 0 saturated heterocycles. The van der Waals surface area contributed by atoms with Crippen LogP contribution in [-0.2, 0) is 6.61 Å². The maximum Gasteiger partial charge on any atom is 0.244 e. The number of hydrogen-bond acceptors (Lipinski definition) is 5. The molecule has 3 N–H and O–H groups in total. The van der Waals surface area contributed by atoms with Crippen molar-refractivity contribution in [1.82, 2.24) is 10.2 Å². The lowest BCUT2D eigenvalue weighted by molar-refractivity contribution is 0.305. The smallest absolute Gasteiger partial charge is 0.244 e. The topological polar surface area (TPSA) is 96.9 Å². The van der Waals surface area contributed by atoms with E-state index >= 15 is 0 Å². The highest BCUT2D eigenvalue weighted by Crippen LogP contribution is 2.46. The average Bonchev–Trinajstić information content (AvgIpc) is 3.26. The van der Waals surface area contributed by atoms with Crippen LogP contribution in [0.2, 0.25) is 5.02 Å². The van der Waals surface area contributed by atoms with Crippen molar-refractivity contribution in [1.29, 1.82) is 5.26 Å². The van der Waals surface area contributed by atoms with Crippen molar-refractivity contribution in [3.8, 4) is 29.0 Å². The third-order valence-corrected chi connectivity index (χ3v) is 6.17. The Hall–Kier alpha value is -4.21. The molecule has 4 aromatic rings. The number of halogens is 1. The second-order valence-corrected chi connectivity index (χ2v) is 8.47. The summed E-state index contributed by atoms with van der Waals surface area (Å²) < 4.78 is 11.8. The molecule has 0 aliphatic carbocycles. The van der Waals surface area contributed by atoms with Crippen molar-refractivity contribution in [2.45, 2.75) is 19.4 Å². The van der Waals surface area contributed by atoms with Crippen molar-refractivity contribution >= 4 is 11.6 Å². The Morgan fingerprint density at radius 2 is 1.91 bits per heavy atom. The Kier molecular flexibility index (Phi) is 5.70. The maximum atomic E-state index is 9.96. The van der Waals surface area contributed by atoms with Gasteiger partial charge in [0.05, 0.1) is 17.2 Å². The monoisotopic (exact) mass is 468 g/mol. The van der Waals surface area contributed by atoms with Gasteiger partial charge in [0.15, 0.2) is 0 Å². The minimum Gasteiger partial charge on any atom is -0.489 e. The van der Waals surface area contributed by atoms with Gasteiger partial charge in [-0.2, -0.15) is 5.26 Å². The molecule has 168 valence electrons. The van der Waals surface area contributed by atoms with Crippen LogP contribution in [0.25, 0.3) is 11.3 Å². The van der Waals surface area contributed by atoms with Gasteiger partial charge in [-0.05, 0) is 47.9 Å². The number of nitrogens with zero attached hydrogens (tertiary/aromatic N) is 2. The minimum absolute atomic E-state index is 0.0420. The molecule has 0 radical (unpaired) electrons. The SMILES string of the molecule is Cc1ccccc1COc1cccc([C@H]2C(C#N)=C(N)Oc3n[nH]c(-c4ccc(Cl)cc4)c32)c1. The second-order valence-electron chi connectivity index (χ2n) is 8.04. The highest BCUT2D eigenvalue weighted by atomic mass is 35.5. The van der Waals surface area contributed by atoms with E-state index in [4.69, 9.17) is 26.8 Å². The number of aromatic amines is 1. The molecule has 0 spiro atoms. The van der Waals surface area contributed by atoms with E-state index in [2.05, 4.69) is 29.3 Å². The van der Waals surface area contributed by atoms with Crippen molar-refractivity contribution in [2.75, 3.05) is 0 Å². The van der Waals surface area contributed by atoms with E-state index in [0.717, 1.165) is 27.9 Å². The van der Waals surface area contributed by atoms with Gasteiger partial charge in [0.1, 0.15) is 24.0 Å². The summed E-state index contributed by atoms with van der Waals surface area (Å²) >= 11 is 6.08. The Morgan fingerprint density at radius 3 is 2.68 bits per heavy atom. The van der Waals surface area contributed by atoms with Gasteiger partial charge in [0.2, 0.25) is 11.8 Å². The molecule has 1 aromatic heterocycles. The molecule has 3 aromatic carbocycles. The summed E-state index contributed by atoms with van der Waals surface area (Å²) in [4.78, 5) is 0. The number of nitriles is 1. The zero-order valence-electron chi connectivity index (χ0n) is 18.4. The fourth-order valence-corrected chi connectivity index (χ4v) is 4.26. The fourth-order valence-electron chi connectivity index (χ4n) is 4.13. The van der Waals surface area contributed by atoms with E-state index in [-0.39, 0.29) is 5.88 Å². The predicted octanol–water partition coefficient (Wildman–Crippen LogP) is 5.84. The minimum atomic E-state index is -0.472. The summed E-state index contributed by atoms with van der Waals surface area (Å²) in [6.45, 7) is 2.50. The summed E-state index contributed by atoms with van der Waals surface area (Å²) in [5, 5.41) is 18.0. The quantitative estimate of drug-likeness (QED) is 0.383. The summed E-state index contributed by atoms with van der Waals surface area (Å²) in [6, 6.07) is 25.4. The van der Waals surface area contributed by atoms with Crippen LogP contribution in [0, 0.1) is 18.3 Å². The van der Waals surface area contributed by atoms with Gasteiger partial charge in [0.25, 0.3) is 0 Å². The number of nitrogens with one attached hydrogen (secondary N) is 1. The lowest BCUT2D eigenvalue weighted by Gasteiger charge is -2.24. The molecule has 0 saturated carbocycles. The molecule has 5 rings (SSSR count). The van der Waals surface area contributed by atoms with Crippen LogP contribution < -0.4 is 15.2 Å². The number of aromatic nitrogens is 2. The predicted molar refractivity (Wildman–Crippen MR) is 130 cm³/mol. The fraction of sp³-hybridized carbons (Fsp3) is 0.111. The van der Waals surface area contributed by atoms with E-state index in [1.807, 2.05) is 54.6 Å². The van der Waals surface area contributed by atoms with Gasteiger partial charge < -0.3 is 15.2 Å². The normalized spacial score (nSPS) is 14.8. The first kappa shape index (κ1) is 21.6. The van der Waals surface area contributed by atoms with Crippen molar-refractivity contribution < 1.29 is 9.47 Å². The van der Waals surface area contributed by atoms with Crippen LogP contribution in [0.5, 0.6) is 11.6 Å². The molecule has 1 aliphatic rings. The standard InChI is InChI=1S/C27H21ClN4O2/c1-16-5-2-3-6-19(16)15-33-21-8-4-7-18(13-21)23-22(14-29)26(30)34-27-24(23)25(31-32-27)17-9-11-20(28)12-10-17/h2-13,23H,15,30H2,1H3,(H,31,32)/t23-/m0/s1. The molecule has 0 unspecified atom stereocenters. The third kappa shape index (κ3) is 3.98. The number of allylic oxidation sites excluding steroid dienone is 1. The van der Waals surface area contributed by atoms with E-state index in [0.29, 0.717) is 28.8 Å². The van der Waals surface area contributed by atoms with Crippen LogP contribution in [0.4, 0.5) is 0 Å². The first-order valence-electron chi connectivity index (χ1n) is 10.7. The Labute approximate surface area is 202 Å². The number of rotatable bonds is 5. The lowest BCUT2D eigenvalue weighted by atomic mass is 9.83. The van der Waals surface area contributed by atoms with Crippen molar-refractivity contribution in [3.05, 3.63) is 112 Å². The molecular weight excluding hydrogens is 448 g/mol. The molecular formula is C27H21ClN4O2. The summed E-state index contributed by atoms with van der Waals surface area (Å²) in [6.07, 6.45) is 0. The van der Waals surface area contributed by atoms with Gasteiger partial charge in [0, 0.05) is 10.6 Å². The molecule has 7 heteroatoms. The highest BCUT2D eigenvalue weighted by molar-refractivity contribution is 6.30. The first-order valence-corrected chi connectivity index (χ1v) is 11.1. The van der Waals surface area contributed by atoms with Crippen LogP contribution >= 0.6 is 11.6 Å². The Morgan fingerprint density at radius 1 is 1.12 bits per heavy atom. The largest absolute Gasteiger partial charge is 0.489 e. The van der Waals surface area contributed by atoms with E-state index in [9.17, 15) is 5.26 Å². The van der Waals surface area contributed by atoms with Gasteiger partial charge in [-0.25, -0.2) is 0 Å². The van der Waals surface area contributed by atoms with Gasteiger partial charge in [-0.3, -0.25) is 5.10 Å². The number of ether oxygens (including phenoxy) is 2. The molecule has 0 amide bonds. The van der Waals surface area contributed by atoms with Gasteiger partial charge >= 0.3 is 0 Å². The van der Waals surface area contributed by atoms with Crippen molar-refractivity contribution in [2.24, 2.45) is 5.73 Å². The van der Waals surface area contributed by atoms with E-state index < -0.39 is 5.92 Å². The molecule has 34 heavy (non-hydrogen) atoms. The number of aryl methyl sites for hydroxylation is 1. The van der Waals surface area contributed by atoms with Crippen LogP contribution in [0.1, 0.15) is 28.2 Å². The highest BCUT2D eigenvalue weighted by Gasteiger charge is 2.35. The van der Waals surface area contributed by atoms with Gasteiger partial charge in [-0.15, -0.1) is 5.10 Å². The number of fused-ring (bicyclic) bond motifs is 1. The van der Waals surface area contributed by atoms with Crippen LogP contribution in [0.3, 0.4) is 0 Å². The third-order valence-electron chi connectivity index (χ3n) is 5.92. The molecule has 1 atom stereocenters. The molecule has 2 heterocycles. The summed E-state index contributed by atoms with van der Waals surface area (Å²) in [5.41, 5.74) is 11.9. The number of benzene rings is 3.